The second kappa shape index (κ2) is 9.02. The standard InChI is InChI=1S/C13H27NO2P2/c1-10(2)8-14-12(15)13(17,18)6-5-7-16-9-11(3)4/h5-6,10-11H,7-9,17-18H2,1-4H3,(H,14,15)/b6-5+. The van der Waals surface area contributed by atoms with E-state index in [0.717, 1.165) is 6.61 Å². The number of nitrogens with one attached hydrogen (secondary N) is 1. The monoisotopic (exact) mass is 291 g/mol. The van der Waals surface area contributed by atoms with Gasteiger partial charge in [-0.25, -0.2) is 0 Å². The SMILES string of the molecule is CC(C)CNC(=O)C(P)(P)/C=C/COCC(C)C. The lowest BCUT2D eigenvalue weighted by Gasteiger charge is -2.20. The smallest absolute Gasteiger partial charge is 0.237 e. The highest BCUT2D eigenvalue weighted by Crippen LogP contribution is 2.28. The van der Waals surface area contributed by atoms with Crippen LogP contribution < -0.4 is 5.32 Å². The van der Waals surface area contributed by atoms with Gasteiger partial charge in [0.1, 0.15) is 0 Å². The molecule has 1 N–H and O–H groups in total. The van der Waals surface area contributed by atoms with Crippen LogP contribution in [-0.4, -0.2) is 30.6 Å². The lowest BCUT2D eigenvalue weighted by molar-refractivity contribution is -0.120. The fraction of sp³-hybridized carbons (Fsp3) is 0.769. The van der Waals surface area contributed by atoms with Crippen molar-refractivity contribution in [1.82, 2.24) is 5.32 Å². The molecule has 0 aliphatic heterocycles. The Morgan fingerprint density at radius 3 is 2.39 bits per heavy atom. The predicted octanol–water partition coefficient (Wildman–Crippen LogP) is 2.43. The lowest BCUT2D eigenvalue weighted by Crippen LogP contribution is -2.38. The molecule has 0 aromatic heterocycles. The second-order valence-electron chi connectivity index (χ2n) is 5.37. The summed E-state index contributed by atoms with van der Waals surface area (Å²) in [5.41, 5.74) is 0. The molecule has 0 aliphatic carbocycles. The summed E-state index contributed by atoms with van der Waals surface area (Å²) in [7, 11) is 5.10. The van der Waals surface area contributed by atoms with Crippen molar-refractivity contribution in [2.45, 2.75) is 32.6 Å². The first kappa shape index (κ1) is 18.0. The van der Waals surface area contributed by atoms with Gasteiger partial charge in [-0.3, -0.25) is 4.79 Å². The van der Waals surface area contributed by atoms with Gasteiger partial charge >= 0.3 is 0 Å². The molecular weight excluding hydrogens is 264 g/mol. The summed E-state index contributed by atoms with van der Waals surface area (Å²) in [6, 6.07) is 0. The van der Waals surface area contributed by atoms with Gasteiger partial charge in [0.2, 0.25) is 5.91 Å². The first-order valence-corrected chi connectivity index (χ1v) is 7.52. The maximum atomic E-state index is 11.9. The van der Waals surface area contributed by atoms with Crippen LogP contribution in [0, 0.1) is 11.8 Å². The second-order valence-corrected chi connectivity index (χ2v) is 7.95. The van der Waals surface area contributed by atoms with Crippen molar-refractivity contribution in [3.8, 4) is 0 Å². The van der Waals surface area contributed by atoms with Crippen LogP contribution in [0.25, 0.3) is 0 Å². The number of rotatable bonds is 8. The Balaban J connectivity index is 4.04. The molecule has 5 heteroatoms. The van der Waals surface area contributed by atoms with E-state index in [1.54, 1.807) is 0 Å². The summed E-state index contributed by atoms with van der Waals surface area (Å²) in [6.07, 6.45) is 3.73. The maximum Gasteiger partial charge on any atom is 0.237 e. The van der Waals surface area contributed by atoms with Gasteiger partial charge in [-0.2, -0.15) is 0 Å². The highest BCUT2D eigenvalue weighted by atomic mass is 31.1. The van der Waals surface area contributed by atoms with Gasteiger partial charge in [0.05, 0.1) is 11.5 Å². The molecule has 0 saturated carbocycles. The third-order valence-corrected chi connectivity index (χ3v) is 3.03. The van der Waals surface area contributed by atoms with Crippen molar-refractivity contribution in [3.63, 3.8) is 0 Å². The third-order valence-electron chi connectivity index (χ3n) is 2.12. The van der Waals surface area contributed by atoms with Crippen molar-refractivity contribution in [1.29, 1.82) is 0 Å². The molecule has 2 atom stereocenters. The van der Waals surface area contributed by atoms with E-state index in [0.29, 0.717) is 25.0 Å². The minimum atomic E-state index is -0.643. The van der Waals surface area contributed by atoms with Crippen LogP contribution in [0.3, 0.4) is 0 Å². The maximum absolute atomic E-state index is 11.9. The molecule has 0 saturated heterocycles. The van der Waals surface area contributed by atoms with Crippen molar-refractivity contribution in [2.24, 2.45) is 11.8 Å². The van der Waals surface area contributed by atoms with Crippen LogP contribution in [0.15, 0.2) is 12.2 Å². The molecule has 3 nitrogen and oxygen atoms in total. The molecule has 0 heterocycles. The average molecular weight is 291 g/mol. The molecule has 0 rings (SSSR count). The molecule has 0 fully saturated rings. The zero-order valence-corrected chi connectivity index (χ0v) is 14.2. The highest BCUT2D eigenvalue weighted by molar-refractivity contribution is 7.43. The third kappa shape index (κ3) is 9.03. The molecule has 106 valence electrons. The van der Waals surface area contributed by atoms with Gasteiger partial charge in [0.25, 0.3) is 0 Å². The minimum Gasteiger partial charge on any atom is -0.377 e. The first-order valence-electron chi connectivity index (χ1n) is 6.37. The van der Waals surface area contributed by atoms with Crippen LogP contribution in [0.4, 0.5) is 0 Å². The van der Waals surface area contributed by atoms with Gasteiger partial charge in [0.15, 0.2) is 0 Å². The number of hydrogen-bond acceptors (Lipinski definition) is 2. The Morgan fingerprint density at radius 2 is 1.89 bits per heavy atom. The Labute approximate surface area is 116 Å². The molecule has 2 unspecified atom stereocenters. The van der Waals surface area contributed by atoms with E-state index in [4.69, 9.17) is 4.74 Å². The number of hydrogen-bond donors (Lipinski definition) is 1. The Morgan fingerprint density at radius 1 is 1.28 bits per heavy atom. The van der Waals surface area contributed by atoms with E-state index in [9.17, 15) is 4.79 Å². The minimum absolute atomic E-state index is 0.00805. The van der Waals surface area contributed by atoms with Crippen molar-refractivity contribution >= 4 is 24.4 Å². The molecule has 0 radical (unpaired) electrons. The number of ether oxygens (including phenoxy) is 1. The largest absolute Gasteiger partial charge is 0.377 e. The van der Waals surface area contributed by atoms with Gasteiger partial charge in [-0.1, -0.05) is 39.8 Å². The van der Waals surface area contributed by atoms with Crippen LogP contribution in [0.5, 0.6) is 0 Å². The van der Waals surface area contributed by atoms with Crippen LogP contribution in [0.1, 0.15) is 27.7 Å². The molecule has 18 heavy (non-hydrogen) atoms. The fourth-order valence-corrected chi connectivity index (χ4v) is 1.62. The zero-order valence-electron chi connectivity index (χ0n) is 11.9. The molecular formula is C13H27NO2P2. The Kier molecular flexibility index (Phi) is 9.03. The summed E-state index contributed by atoms with van der Waals surface area (Å²) in [5, 5.41) is 2.91. The number of amides is 1. The predicted molar refractivity (Wildman–Crippen MR) is 84.8 cm³/mol. The normalized spacial score (nSPS) is 12.7. The van der Waals surface area contributed by atoms with Gasteiger partial charge in [-0.05, 0) is 11.8 Å². The van der Waals surface area contributed by atoms with Crippen molar-refractivity contribution in [2.75, 3.05) is 19.8 Å². The summed E-state index contributed by atoms with van der Waals surface area (Å²) >= 11 is 0. The van der Waals surface area contributed by atoms with Crippen molar-refractivity contribution in [3.05, 3.63) is 12.2 Å². The summed E-state index contributed by atoms with van der Waals surface area (Å²) in [5.74, 6) is 0.980. The van der Waals surface area contributed by atoms with Crippen molar-refractivity contribution < 1.29 is 9.53 Å². The Bertz CT molecular complexity index is 276. The van der Waals surface area contributed by atoms with E-state index in [1.165, 1.54) is 0 Å². The molecule has 0 bridgehead atoms. The van der Waals surface area contributed by atoms with Crippen LogP contribution >= 0.6 is 18.5 Å². The molecule has 0 aliphatic rings. The summed E-state index contributed by atoms with van der Waals surface area (Å²) in [4.78, 5) is 11.3. The van der Waals surface area contributed by atoms with Gasteiger partial charge in [0, 0.05) is 13.2 Å². The molecule has 0 aromatic rings. The van der Waals surface area contributed by atoms with Gasteiger partial charge < -0.3 is 10.1 Å². The van der Waals surface area contributed by atoms with E-state index < -0.39 is 4.90 Å². The van der Waals surface area contributed by atoms with Gasteiger partial charge in [-0.15, -0.1) is 18.5 Å². The topological polar surface area (TPSA) is 38.3 Å². The number of carbonyl (C=O) groups excluding carboxylic acids is 1. The quantitative estimate of drug-likeness (QED) is 0.424. The fourth-order valence-electron chi connectivity index (χ4n) is 1.14. The number of carbonyl (C=O) groups is 1. The highest BCUT2D eigenvalue weighted by Gasteiger charge is 2.24. The van der Waals surface area contributed by atoms with E-state index in [1.807, 2.05) is 12.2 Å². The van der Waals surface area contributed by atoms with E-state index in [2.05, 4.69) is 51.5 Å². The summed E-state index contributed by atoms with van der Waals surface area (Å²) in [6.45, 7) is 10.3. The zero-order chi connectivity index (χ0) is 14.2. The first-order chi connectivity index (χ1) is 8.25. The van der Waals surface area contributed by atoms with E-state index in [-0.39, 0.29) is 5.91 Å². The summed E-state index contributed by atoms with van der Waals surface area (Å²) < 4.78 is 5.43. The molecule has 0 spiro atoms. The molecule has 0 aromatic carbocycles. The Hall–Kier alpha value is 0.0300. The van der Waals surface area contributed by atoms with Crippen LogP contribution in [-0.2, 0) is 9.53 Å². The van der Waals surface area contributed by atoms with E-state index >= 15 is 0 Å². The van der Waals surface area contributed by atoms with Crippen LogP contribution in [0.2, 0.25) is 0 Å². The average Bonchev–Trinajstić information content (AvgIpc) is 2.24. The lowest BCUT2D eigenvalue weighted by atomic mass is 10.2. The molecule has 1 amide bonds.